The van der Waals surface area contributed by atoms with Crippen molar-refractivity contribution in [3.63, 3.8) is 0 Å². The molecule has 6 heteroatoms. The smallest absolute Gasteiger partial charge is 0.306 e. The fourth-order valence-corrected chi connectivity index (χ4v) is 8.80. The van der Waals surface area contributed by atoms with Gasteiger partial charge in [0.15, 0.2) is 6.10 Å². The van der Waals surface area contributed by atoms with Crippen LogP contribution < -0.4 is 0 Å². The lowest BCUT2D eigenvalue weighted by Crippen LogP contribution is -2.30. The third kappa shape index (κ3) is 65.8. The van der Waals surface area contributed by atoms with Gasteiger partial charge in [-0.15, -0.1) is 0 Å². The minimum Gasteiger partial charge on any atom is -0.462 e. The molecule has 0 aliphatic carbocycles. The number of carbonyl (C=O) groups is 3. The summed E-state index contributed by atoms with van der Waals surface area (Å²) in [7, 11) is 0. The number of unbranched alkanes of at least 4 members (excludes halogenated alkanes) is 22. The van der Waals surface area contributed by atoms with E-state index >= 15 is 0 Å². The first-order chi connectivity index (χ1) is 40.5. The number of esters is 3. The summed E-state index contributed by atoms with van der Waals surface area (Å²) in [5.41, 5.74) is 0. The first-order valence-electron chi connectivity index (χ1n) is 33.5. The van der Waals surface area contributed by atoms with E-state index < -0.39 is 6.10 Å². The summed E-state index contributed by atoms with van der Waals surface area (Å²) in [5, 5.41) is 0. The topological polar surface area (TPSA) is 78.9 Å². The summed E-state index contributed by atoms with van der Waals surface area (Å²) in [6, 6.07) is 0. The molecule has 0 saturated carbocycles. The van der Waals surface area contributed by atoms with Crippen LogP contribution >= 0.6 is 0 Å². The zero-order valence-electron chi connectivity index (χ0n) is 52.9. The van der Waals surface area contributed by atoms with E-state index in [-0.39, 0.29) is 37.5 Å². The van der Waals surface area contributed by atoms with Gasteiger partial charge in [0.25, 0.3) is 0 Å². The highest BCUT2D eigenvalue weighted by atomic mass is 16.6. The van der Waals surface area contributed by atoms with Crippen molar-refractivity contribution < 1.29 is 28.6 Å². The van der Waals surface area contributed by atoms with Crippen LogP contribution in [0.1, 0.15) is 284 Å². The second-order valence-electron chi connectivity index (χ2n) is 21.6. The van der Waals surface area contributed by atoms with Gasteiger partial charge in [-0.25, -0.2) is 0 Å². The maximum absolute atomic E-state index is 12.9. The van der Waals surface area contributed by atoms with Gasteiger partial charge < -0.3 is 14.2 Å². The van der Waals surface area contributed by atoms with E-state index in [0.29, 0.717) is 12.8 Å². The molecule has 0 rings (SSSR count). The Bertz CT molecular complexity index is 1830. The minimum absolute atomic E-state index is 0.0989. The second kappa shape index (κ2) is 68.5. The number of ether oxygens (including phenoxy) is 3. The maximum atomic E-state index is 12.9. The van der Waals surface area contributed by atoms with E-state index in [9.17, 15) is 14.4 Å². The van der Waals surface area contributed by atoms with Crippen LogP contribution in [0.3, 0.4) is 0 Å². The van der Waals surface area contributed by atoms with Crippen molar-refractivity contribution in [1.29, 1.82) is 0 Å². The zero-order chi connectivity index (χ0) is 59.2. The van der Waals surface area contributed by atoms with Gasteiger partial charge in [-0.05, 0) is 141 Å². The van der Waals surface area contributed by atoms with Crippen molar-refractivity contribution in [3.8, 4) is 0 Å². The molecule has 0 aromatic rings. The molecular weight excluding hydrogens is 1010 g/mol. The van der Waals surface area contributed by atoms with Crippen LogP contribution in [0.4, 0.5) is 0 Å². The summed E-state index contributed by atoms with van der Waals surface area (Å²) < 4.78 is 16.9. The van der Waals surface area contributed by atoms with Crippen LogP contribution in [0.5, 0.6) is 0 Å². The molecule has 0 radical (unpaired) electrons. The Labute approximate surface area is 505 Å². The molecule has 462 valence electrons. The molecule has 0 aromatic carbocycles. The fourth-order valence-electron chi connectivity index (χ4n) is 8.80. The van der Waals surface area contributed by atoms with Gasteiger partial charge >= 0.3 is 17.9 Å². The SMILES string of the molecule is CC/C=C\C/C=C\C/C=C\C/C=C\C/C=C\C/C=C\C/C=C\CCCCCCCCCCCCCCCC(=O)OCC(COC(=O)CCCCCCC/C=C\CCC)OC(=O)CCCCC/C=C\C/C=C\C/C=C\C/C=C\C/C=C\CC. The number of carbonyl (C=O) groups excluding carboxylic acids is 3. The van der Waals surface area contributed by atoms with E-state index in [0.717, 1.165) is 161 Å². The summed E-state index contributed by atoms with van der Waals surface area (Å²) in [4.78, 5) is 38.2. The molecule has 0 aromatic heterocycles. The van der Waals surface area contributed by atoms with Crippen molar-refractivity contribution in [2.24, 2.45) is 0 Å². The van der Waals surface area contributed by atoms with E-state index in [1.165, 1.54) is 83.5 Å². The molecule has 1 unspecified atom stereocenters. The lowest BCUT2D eigenvalue weighted by molar-refractivity contribution is -0.167. The van der Waals surface area contributed by atoms with Crippen LogP contribution in [0.25, 0.3) is 0 Å². The normalized spacial score (nSPS) is 13.2. The van der Waals surface area contributed by atoms with Crippen LogP contribution in [0.15, 0.2) is 158 Å². The molecule has 0 spiro atoms. The second-order valence-corrected chi connectivity index (χ2v) is 21.6. The zero-order valence-corrected chi connectivity index (χ0v) is 52.9. The highest BCUT2D eigenvalue weighted by Crippen LogP contribution is 2.15. The fraction of sp³-hybridized carbons (Fsp3) is 0.618. The minimum atomic E-state index is -0.805. The van der Waals surface area contributed by atoms with E-state index in [1.54, 1.807) is 0 Å². The predicted octanol–water partition coefficient (Wildman–Crippen LogP) is 23.3. The Hall–Kier alpha value is -4.97. The van der Waals surface area contributed by atoms with Gasteiger partial charge in [0.1, 0.15) is 13.2 Å². The van der Waals surface area contributed by atoms with Crippen LogP contribution in [0.2, 0.25) is 0 Å². The first-order valence-corrected chi connectivity index (χ1v) is 33.5. The largest absolute Gasteiger partial charge is 0.462 e. The Balaban J connectivity index is 4.21. The molecule has 1 atom stereocenters. The lowest BCUT2D eigenvalue weighted by atomic mass is 10.0. The molecule has 0 aliphatic heterocycles. The van der Waals surface area contributed by atoms with Crippen LogP contribution in [-0.4, -0.2) is 37.2 Å². The molecule has 82 heavy (non-hydrogen) atoms. The Morgan fingerprint density at radius 2 is 0.476 bits per heavy atom. The summed E-state index contributed by atoms with van der Waals surface area (Å²) in [6.45, 7) is 6.31. The van der Waals surface area contributed by atoms with E-state index in [1.807, 2.05) is 0 Å². The van der Waals surface area contributed by atoms with Gasteiger partial charge in [-0.1, -0.05) is 281 Å². The van der Waals surface area contributed by atoms with Gasteiger partial charge in [-0.2, -0.15) is 0 Å². The van der Waals surface area contributed by atoms with Crippen molar-refractivity contribution >= 4 is 17.9 Å². The van der Waals surface area contributed by atoms with E-state index in [2.05, 4.69) is 179 Å². The molecule has 0 amide bonds. The molecule has 0 saturated heterocycles. The highest BCUT2D eigenvalue weighted by Gasteiger charge is 2.19. The summed E-state index contributed by atoms with van der Waals surface area (Å²) in [6.07, 6.45) is 99.9. The van der Waals surface area contributed by atoms with Gasteiger partial charge in [-0.3, -0.25) is 14.4 Å². The predicted molar refractivity (Wildman–Crippen MR) is 357 cm³/mol. The van der Waals surface area contributed by atoms with Gasteiger partial charge in [0, 0.05) is 19.3 Å². The highest BCUT2D eigenvalue weighted by molar-refractivity contribution is 5.71. The average molecular weight is 1130 g/mol. The number of hydrogen-bond acceptors (Lipinski definition) is 6. The van der Waals surface area contributed by atoms with Crippen LogP contribution in [-0.2, 0) is 28.6 Å². The number of hydrogen-bond donors (Lipinski definition) is 0. The third-order valence-corrected chi connectivity index (χ3v) is 13.7. The van der Waals surface area contributed by atoms with Crippen LogP contribution in [0, 0.1) is 0 Å². The molecule has 6 nitrogen and oxygen atoms in total. The molecule has 0 aliphatic rings. The Morgan fingerprint density at radius 1 is 0.256 bits per heavy atom. The van der Waals surface area contributed by atoms with E-state index in [4.69, 9.17) is 14.2 Å². The Kier molecular flexibility index (Phi) is 64.4. The van der Waals surface area contributed by atoms with Gasteiger partial charge in [0.2, 0.25) is 0 Å². The third-order valence-electron chi connectivity index (χ3n) is 13.7. The molecule has 0 bridgehead atoms. The van der Waals surface area contributed by atoms with Crippen molar-refractivity contribution in [1.82, 2.24) is 0 Å². The quantitative estimate of drug-likeness (QED) is 0.0261. The van der Waals surface area contributed by atoms with Crippen molar-refractivity contribution in [3.05, 3.63) is 158 Å². The monoisotopic (exact) mass is 1130 g/mol. The van der Waals surface area contributed by atoms with Crippen molar-refractivity contribution in [2.45, 2.75) is 290 Å². The number of allylic oxidation sites excluding steroid dienone is 26. The van der Waals surface area contributed by atoms with Gasteiger partial charge in [0.05, 0.1) is 0 Å². The lowest BCUT2D eigenvalue weighted by Gasteiger charge is -2.18. The Morgan fingerprint density at radius 3 is 0.768 bits per heavy atom. The van der Waals surface area contributed by atoms with Crippen molar-refractivity contribution in [2.75, 3.05) is 13.2 Å². The molecule has 0 N–H and O–H groups in total. The molecule has 0 heterocycles. The average Bonchev–Trinajstić information content (AvgIpc) is 3.48. The maximum Gasteiger partial charge on any atom is 0.306 e. The standard InChI is InChI=1S/C76H122O6/c1-4-7-10-13-16-19-22-24-26-28-30-31-32-33-34-35-36-37-38-39-40-41-42-43-44-45-47-48-50-52-54-57-60-63-66-69-75(78)81-72-73(71-80-74(77)68-65-62-59-56-21-18-15-12-9-6-3)82-76(79)70-67-64-61-58-55-53-51-49-46-29-27-25-23-20-17-14-11-8-5-2/h7-8,10-12,15-17,19-20,24-27,30-31,33-34,36-37,39-40,46,49,53,55,73H,4-6,9,13-14,18,21-23,28-29,32,35,38,41-45,47-48,50-52,54,56-72H2,1-3H3/b10-7-,11-8-,15-12-,19-16-,20-17-,26-24-,27-25-,31-30-,34-33-,37-36-,40-39-,49-46-,55-53-. The molecular formula is C76H122O6. The first kappa shape index (κ1) is 77.0. The number of rotatable bonds is 59. The molecule has 0 fully saturated rings. The summed E-state index contributed by atoms with van der Waals surface area (Å²) in [5.74, 6) is -0.945. The summed E-state index contributed by atoms with van der Waals surface area (Å²) >= 11 is 0.